The highest BCUT2D eigenvalue weighted by Crippen LogP contribution is 2.26. The minimum Gasteiger partial charge on any atom is -0.454 e. The third-order valence-electron chi connectivity index (χ3n) is 14.2. The third-order valence-corrected chi connectivity index (χ3v) is 14.2. The summed E-state index contributed by atoms with van der Waals surface area (Å²) in [6.07, 6.45) is 66.9. The van der Waals surface area contributed by atoms with Gasteiger partial charge in [0.2, 0.25) is 5.91 Å². The molecule has 8 unspecified atom stereocenters. The summed E-state index contributed by atoms with van der Waals surface area (Å²) >= 11 is 0. The lowest BCUT2D eigenvalue weighted by Gasteiger charge is -2.41. The number of hydrogen-bond acceptors (Lipinski definition) is 10. The van der Waals surface area contributed by atoms with Crippen LogP contribution in [-0.4, -0.2) is 99.6 Å². The van der Waals surface area contributed by atoms with Crippen LogP contribution in [0.15, 0.2) is 122 Å². The molecule has 0 saturated carbocycles. The number of rotatable bonds is 52. The zero-order valence-electron chi connectivity index (χ0n) is 50.4. The fourth-order valence-corrected chi connectivity index (χ4v) is 9.19. The molecule has 0 radical (unpaired) electrons. The van der Waals surface area contributed by atoms with Gasteiger partial charge in [0.05, 0.1) is 25.4 Å². The van der Waals surface area contributed by atoms with E-state index in [-0.39, 0.29) is 19.4 Å². The molecule has 1 rings (SSSR count). The Morgan fingerprint density at radius 2 is 0.950 bits per heavy atom. The number of allylic oxidation sites excluding steroid dienone is 19. The molecule has 0 spiro atoms. The fourth-order valence-electron chi connectivity index (χ4n) is 9.19. The van der Waals surface area contributed by atoms with E-state index >= 15 is 0 Å². The largest absolute Gasteiger partial charge is 0.454 e. The van der Waals surface area contributed by atoms with E-state index in [9.17, 15) is 35.1 Å². The summed E-state index contributed by atoms with van der Waals surface area (Å²) in [5.74, 6) is -1.28. The van der Waals surface area contributed by atoms with Gasteiger partial charge in [-0.05, 0) is 83.5 Å². The molecule has 1 aliphatic heterocycles. The van der Waals surface area contributed by atoms with Crippen LogP contribution in [0, 0.1) is 0 Å². The molecule has 80 heavy (non-hydrogen) atoms. The highest BCUT2D eigenvalue weighted by atomic mass is 16.7. The number of ether oxygens (including phenoxy) is 3. The Morgan fingerprint density at radius 3 is 1.46 bits per heavy atom. The number of esters is 1. The number of aliphatic hydroxyl groups is 5. The number of nitrogens with one attached hydrogen (secondary N) is 1. The standard InChI is InChI=1S/C69H115NO10/c1-4-7-10-13-16-19-22-25-26-27-28-29-30-31-32-33-34-35-36-37-38-39-42-45-48-51-54-57-64(74)80-67-66(76)65(75)63(58-71)79-69(67)78-59-60(61(72)55-52-49-46-43-40-23-20-17-14-11-8-5-2)70-68(77)62(73)56-53-50-47-44-41-24-21-18-15-12-9-6-3/h9,12,15-16,18-19,21,24-26,28-29,31-32,41,44,47,50,52,55,60-63,65-67,69,71-73,75-76H,4-8,10-11,13-14,17,20,22-23,27,30,33-40,42-43,45-46,48-49,51,53-54,56-59H2,1-3H3,(H,70,77)/b12-9+,18-15+,19-16-,24-21-,26-25-,29-28-,32-31-,44-41-,50-47+,55-52+. The maximum Gasteiger partial charge on any atom is 0.306 e. The van der Waals surface area contributed by atoms with Crippen molar-refractivity contribution in [2.24, 2.45) is 0 Å². The molecule has 0 aromatic carbocycles. The summed E-state index contributed by atoms with van der Waals surface area (Å²) in [6.45, 7) is 5.55. The quantitative estimate of drug-likeness (QED) is 0.0149. The predicted molar refractivity (Wildman–Crippen MR) is 333 cm³/mol. The van der Waals surface area contributed by atoms with Crippen LogP contribution in [0.1, 0.15) is 239 Å². The van der Waals surface area contributed by atoms with Gasteiger partial charge in [-0.15, -0.1) is 0 Å². The Bertz CT molecular complexity index is 1760. The first-order valence-corrected chi connectivity index (χ1v) is 31.9. The van der Waals surface area contributed by atoms with E-state index in [1.54, 1.807) is 6.08 Å². The van der Waals surface area contributed by atoms with Gasteiger partial charge in [0.15, 0.2) is 12.4 Å². The van der Waals surface area contributed by atoms with Crippen LogP contribution in [0.3, 0.4) is 0 Å². The molecule has 11 nitrogen and oxygen atoms in total. The van der Waals surface area contributed by atoms with Gasteiger partial charge in [-0.3, -0.25) is 9.59 Å². The Hall–Kier alpha value is -3.94. The van der Waals surface area contributed by atoms with Crippen LogP contribution in [0.2, 0.25) is 0 Å². The van der Waals surface area contributed by atoms with Gasteiger partial charge in [0, 0.05) is 6.42 Å². The SMILES string of the molecule is CC/C=C/C=C/C=C\C=C/C=C/CCC(O)C(=O)NC(COC1OC(CO)C(O)C(O)C1OC(=O)CCCCCCCCCCCCC/C=C\C/C=C\C/C=C\C/C=C\CCCCC)C(O)/C=C/CCCCCCCCCCCC. The number of amides is 1. The van der Waals surface area contributed by atoms with E-state index in [1.807, 2.05) is 60.8 Å². The number of hydrogen-bond donors (Lipinski definition) is 6. The first kappa shape index (κ1) is 74.1. The smallest absolute Gasteiger partial charge is 0.306 e. The minimum absolute atomic E-state index is 0.104. The highest BCUT2D eigenvalue weighted by molar-refractivity contribution is 5.80. The summed E-state index contributed by atoms with van der Waals surface area (Å²) < 4.78 is 17.6. The summed E-state index contributed by atoms with van der Waals surface area (Å²) in [5.41, 5.74) is 0. The first-order valence-electron chi connectivity index (χ1n) is 31.9. The molecule has 1 amide bonds. The van der Waals surface area contributed by atoms with Gasteiger partial charge in [-0.2, -0.15) is 0 Å². The Labute approximate surface area is 487 Å². The van der Waals surface area contributed by atoms with Crippen LogP contribution in [0.5, 0.6) is 0 Å². The first-order chi connectivity index (χ1) is 39.2. The molecule has 1 heterocycles. The van der Waals surface area contributed by atoms with Crippen LogP contribution in [0.4, 0.5) is 0 Å². The van der Waals surface area contributed by atoms with Crippen molar-refractivity contribution in [3.8, 4) is 0 Å². The van der Waals surface area contributed by atoms with Gasteiger partial charge in [0.25, 0.3) is 0 Å². The van der Waals surface area contributed by atoms with Crippen LogP contribution < -0.4 is 5.32 Å². The summed E-state index contributed by atoms with van der Waals surface area (Å²) in [4.78, 5) is 26.5. The zero-order valence-corrected chi connectivity index (χ0v) is 50.4. The molecule has 11 heteroatoms. The summed E-state index contributed by atoms with van der Waals surface area (Å²) in [7, 11) is 0. The van der Waals surface area contributed by atoms with E-state index in [4.69, 9.17) is 14.2 Å². The Kier molecular flexibility index (Phi) is 51.5. The molecule has 0 aliphatic carbocycles. The molecule has 456 valence electrons. The normalized spacial score (nSPS) is 19.6. The van der Waals surface area contributed by atoms with Crippen LogP contribution >= 0.6 is 0 Å². The van der Waals surface area contributed by atoms with Gasteiger partial charge < -0.3 is 45.1 Å². The molecule has 0 aromatic rings. The van der Waals surface area contributed by atoms with E-state index < -0.39 is 67.4 Å². The number of aliphatic hydroxyl groups excluding tert-OH is 5. The van der Waals surface area contributed by atoms with Crippen molar-refractivity contribution in [1.29, 1.82) is 0 Å². The number of carbonyl (C=O) groups is 2. The zero-order chi connectivity index (χ0) is 58.2. The second-order valence-corrected chi connectivity index (χ2v) is 21.5. The molecule has 1 fully saturated rings. The maximum absolute atomic E-state index is 13.3. The molecule has 0 aromatic heterocycles. The van der Waals surface area contributed by atoms with E-state index in [2.05, 4.69) is 80.8 Å². The van der Waals surface area contributed by atoms with Crippen LogP contribution in [-0.2, 0) is 23.8 Å². The van der Waals surface area contributed by atoms with Crippen molar-refractivity contribution in [3.05, 3.63) is 122 Å². The minimum atomic E-state index is -1.63. The van der Waals surface area contributed by atoms with Crippen molar-refractivity contribution < 1.29 is 49.3 Å². The lowest BCUT2D eigenvalue weighted by atomic mass is 9.99. The Balaban J connectivity index is 2.60. The van der Waals surface area contributed by atoms with Crippen LogP contribution in [0.25, 0.3) is 0 Å². The average molecular weight is 1120 g/mol. The van der Waals surface area contributed by atoms with Gasteiger partial charge in [-0.25, -0.2) is 0 Å². The fraction of sp³-hybridized carbons (Fsp3) is 0.681. The molecular formula is C69H115NO10. The monoisotopic (exact) mass is 1120 g/mol. The lowest BCUT2D eigenvalue weighted by Crippen LogP contribution is -2.61. The van der Waals surface area contributed by atoms with Gasteiger partial charge in [0.1, 0.15) is 24.4 Å². The van der Waals surface area contributed by atoms with E-state index in [0.29, 0.717) is 12.8 Å². The van der Waals surface area contributed by atoms with E-state index in [0.717, 1.165) is 83.5 Å². The number of carbonyl (C=O) groups excluding carboxylic acids is 2. The van der Waals surface area contributed by atoms with Crippen molar-refractivity contribution >= 4 is 11.9 Å². The molecule has 1 aliphatic rings. The maximum atomic E-state index is 13.3. The molecule has 8 atom stereocenters. The molecular weight excluding hydrogens is 1000 g/mol. The lowest BCUT2D eigenvalue weighted by molar-refractivity contribution is -0.305. The predicted octanol–water partition coefficient (Wildman–Crippen LogP) is 15.4. The highest BCUT2D eigenvalue weighted by Gasteiger charge is 2.47. The van der Waals surface area contributed by atoms with E-state index in [1.165, 1.54) is 109 Å². The van der Waals surface area contributed by atoms with Crippen molar-refractivity contribution in [2.45, 2.75) is 288 Å². The summed E-state index contributed by atoms with van der Waals surface area (Å²) in [5, 5.41) is 56.8. The van der Waals surface area contributed by atoms with Crippen molar-refractivity contribution in [3.63, 3.8) is 0 Å². The Morgan fingerprint density at radius 1 is 0.512 bits per heavy atom. The van der Waals surface area contributed by atoms with Gasteiger partial charge in [-0.1, -0.05) is 271 Å². The molecule has 1 saturated heterocycles. The van der Waals surface area contributed by atoms with Crippen molar-refractivity contribution in [1.82, 2.24) is 5.32 Å². The van der Waals surface area contributed by atoms with Gasteiger partial charge >= 0.3 is 5.97 Å². The number of unbranched alkanes of at least 4 members (excludes halogenated alkanes) is 24. The molecule has 0 bridgehead atoms. The van der Waals surface area contributed by atoms with Crippen molar-refractivity contribution in [2.75, 3.05) is 13.2 Å². The second-order valence-electron chi connectivity index (χ2n) is 21.5. The molecule has 6 N–H and O–H groups in total. The topological polar surface area (TPSA) is 175 Å². The second kappa shape index (κ2) is 55.6. The average Bonchev–Trinajstić information content (AvgIpc) is 3.46. The third kappa shape index (κ3) is 42.8. The summed E-state index contributed by atoms with van der Waals surface area (Å²) in [6, 6.07) is -1.07.